The fourth-order valence-electron chi connectivity index (χ4n) is 2.48. The summed E-state index contributed by atoms with van der Waals surface area (Å²) in [6.45, 7) is 2.59. The number of carbonyl (C=O) groups excluding carboxylic acids is 1. The molecule has 0 N–H and O–H groups in total. The Bertz CT molecular complexity index is 623. The number of hydrogen-bond acceptors (Lipinski definition) is 5. The van der Waals surface area contributed by atoms with Crippen LogP contribution >= 0.6 is 0 Å². The lowest BCUT2D eigenvalue weighted by Gasteiger charge is -2.33. The number of carbonyl (C=O) groups is 1. The van der Waals surface area contributed by atoms with Gasteiger partial charge in [0.15, 0.2) is 11.5 Å². The lowest BCUT2D eigenvalue weighted by atomic mass is 10.2. The lowest BCUT2D eigenvalue weighted by Crippen LogP contribution is -2.49. The molecule has 0 unspecified atom stereocenters. The standard InChI is InChI=1S/C15H17FN4O2/c16-3-5-19-6-8-20(9-7-19)15(21)13-10-14(22-18-13)12-2-1-4-17-11-12/h1-2,4,10-11H,3,5-9H2. The van der Waals surface area contributed by atoms with E-state index < -0.39 is 0 Å². The van der Waals surface area contributed by atoms with Crippen LogP contribution in [0.1, 0.15) is 10.5 Å². The summed E-state index contributed by atoms with van der Waals surface area (Å²) in [5.41, 5.74) is 1.07. The van der Waals surface area contributed by atoms with E-state index in [2.05, 4.69) is 10.1 Å². The fourth-order valence-corrected chi connectivity index (χ4v) is 2.48. The van der Waals surface area contributed by atoms with Gasteiger partial charge in [0.2, 0.25) is 0 Å². The van der Waals surface area contributed by atoms with Crippen molar-refractivity contribution in [3.05, 3.63) is 36.3 Å². The molecule has 3 rings (SSSR count). The zero-order chi connectivity index (χ0) is 15.4. The molecule has 0 aromatic carbocycles. The summed E-state index contributed by atoms with van der Waals surface area (Å²) in [7, 11) is 0. The van der Waals surface area contributed by atoms with Crippen molar-refractivity contribution in [1.29, 1.82) is 0 Å². The van der Waals surface area contributed by atoms with Crippen LogP contribution < -0.4 is 0 Å². The maximum absolute atomic E-state index is 12.4. The van der Waals surface area contributed by atoms with Crippen LogP contribution in [0.15, 0.2) is 35.1 Å². The SMILES string of the molecule is O=C(c1cc(-c2cccnc2)on1)N1CCN(CCF)CC1. The van der Waals surface area contributed by atoms with Crippen LogP contribution in [0, 0.1) is 0 Å². The minimum atomic E-state index is -0.355. The average Bonchev–Trinajstić information content (AvgIpc) is 3.06. The molecule has 0 spiro atoms. The molecule has 1 fully saturated rings. The average molecular weight is 304 g/mol. The van der Waals surface area contributed by atoms with Gasteiger partial charge in [-0.25, -0.2) is 4.39 Å². The summed E-state index contributed by atoms with van der Waals surface area (Å²) in [6, 6.07) is 5.27. The van der Waals surface area contributed by atoms with Crippen molar-refractivity contribution in [3.63, 3.8) is 0 Å². The number of nitrogens with zero attached hydrogens (tertiary/aromatic N) is 4. The van der Waals surface area contributed by atoms with Crippen molar-refractivity contribution in [1.82, 2.24) is 19.9 Å². The van der Waals surface area contributed by atoms with Gasteiger partial charge in [-0.3, -0.25) is 14.7 Å². The smallest absolute Gasteiger partial charge is 0.276 e. The van der Waals surface area contributed by atoms with Crippen LogP contribution in [0.5, 0.6) is 0 Å². The molecule has 1 saturated heterocycles. The first kappa shape index (κ1) is 14.6. The van der Waals surface area contributed by atoms with Gasteiger partial charge < -0.3 is 9.42 Å². The third-order valence-corrected chi connectivity index (χ3v) is 3.74. The van der Waals surface area contributed by atoms with Gasteiger partial charge in [-0.2, -0.15) is 0 Å². The molecule has 6 nitrogen and oxygen atoms in total. The van der Waals surface area contributed by atoms with E-state index in [1.54, 1.807) is 29.4 Å². The zero-order valence-corrected chi connectivity index (χ0v) is 12.1. The molecule has 1 aliphatic heterocycles. The van der Waals surface area contributed by atoms with Gasteiger partial charge >= 0.3 is 0 Å². The maximum atomic E-state index is 12.4. The fraction of sp³-hybridized carbons (Fsp3) is 0.400. The molecule has 1 amide bonds. The van der Waals surface area contributed by atoms with Crippen LogP contribution in [0.2, 0.25) is 0 Å². The number of hydrogen-bond donors (Lipinski definition) is 0. The van der Waals surface area contributed by atoms with Crippen molar-refractivity contribution in [2.75, 3.05) is 39.4 Å². The van der Waals surface area contributed by atoms with Gasteiger partial charge in [0.25, 0.3) is 5.91 Å². The van der Waals surface area contributed by atoms with E-state index in [-0.39, 0.29) is 18.3 Å². The highest BCUT2D eigenvalue weighted by Crippen LogP contribution is 2.20. The summed E-state index contributed by atoms with van der Waals surface area (Å²) in [5.74, 6) is 0.367. The first-order valence-electron chi connectivity index (χ1n) is 7.22. The van der Waals surface area contributed by atoms with Crippen LogP contribution in [0.4, 0.5) is 4.39 Å². The van der Waals surface area contributed by atoms with E-state index in [0.717, 1.165) is 5.56 Å². The summed E-state index contributed by atoms with van der Waals surface area (Å²) < 4.78 is 17.5. The second-order valence-electron chi connectivity index (χ2n) is 5.14. The minimum absolute atomic E-state index is 0.154. The van der Waals surface area contributed by atoms with Crippen molar-refractivity contribution in [2.45, 2.75) is 0 Å². The molecule has 2 aromatic heterocycles. The van der Waals surface area contributed by atoms with E-state index in [0.29, 0.717) is 38.5 Å². The number of halogens is 1. The van der Waals surface area contributed by atoms with Crippen LogP contribution in [0.3, 0.4) is 0 Å². The van der Waals surface area contributed by atoms with Crippen molar-refractivity contribution in [2.24, 2.45) is 0 Å². The normalized spacial score (nSPS) is 16.0. The summed E-state index contributed by atoms with van der Waals surface area (Å²) in [4.78, 5) is 20.1. The number of pyridine rings is 1. The molecule has 1 aliphatic rings. The maximum Gasteiger partial charge on any atom is 0.276 e. The van der Waals surface area contributed by atoms with E-state index in [1.807, 2.05) is 11.0 Å². The van der Waals surface area contributed by atoms with Gasteiger partial charge in [0.1, 0.15) is 6.67 Å². The number of piperazine rings is 1. The highest BCUT2D eigenvalue weighted by molar-refractivity contribution is 5.93. The summed E-state index contributed by atoms with van der Waals surface area (Å²) in [5, 5.41) is 3.86. The topological polar surface area (TPSA) is 62.5 Å². The zero-order valence-electron chi connectivity index (χ0n) is 12.1. The summed E-state index contributed by atoms with van der Waals surface area (Å²) >= 11 is 0. The Balaban J connectivity index is 1.65. The van der Waals surface area contributed by atoms with Crippen LogP contribution in [0.25, 0.3) is 11.3 Å². The van der Waals surface area contributed by atoms with Gasteiger partial charge in [0.05, 0.1) is 0 Å². The minimum Gasteiger partial charge on any atom is -0.355 e. The van der Waals surface area contributed by atoms with E-state index in [1.165, 1.54) is 0 Å². The molecule has 0 saturated carbocycles. The predicted molar refractivity (Wildman–Crippen MR) is 78.1 cm³/mol. The van der Waals surface area contributed by atoms with Crippen LogP contribution in [-0.4, -0.2) is 65.2 Å². The molecule has 2 aromatic rings. The van der Waals surface area contributed by atoms with Gasteiger partial charge in [-0.1, -0.05) is 5.16 Å². The molecular weight excluding hydrogens is 287 g/mol. The quantitative estimate of drug-likeness (QED) is 0.856. The van der Waals surface area contributed by atoms with E-state index >= 15 is 0 Å². The number of alkyl halides is 1. The Morgan fingerprint density at radius 2 is 2.14 bits per heavy atom. The molecule has 0 radical (unpaired) electrons. The Kier molecular flexibility index (Phi) is 4.43. The Morgan fingerprint density at radius 1 is 1.32 bits per heavy atom. The number of rotatable bonds is 4. The highest BCUT2D eigenvalue weighted by atomic mass is 19.1. The molecule has 7 heteroatoms. The second kappa shape index (κ2) is 6.65. The number of aromatic nitrogens is 2. The van der Waals surface area contributed by atoms with Crippen molar-refractivity contribution in [3.8, 4) is 11.3 Å². The lowest BCUT2D eigenvalue weighted by molar-refractivity contribution is 0.0621. The van der Waals surface area contributed by atoms with Gasteiger partial charge in [-0.15, -0.1) is 0 Å². The third-order valence-electron chi connectivity index (χ3n) is 3.74. The molecule has 0 atom stereocenters. The third kappa shape index (κ3) is 3.14. The summed E-state index contributed by atoms with van der Waals surface area (Å²) in [6.07, 6.45) is 3.33. The molecular formula is C15H17FN4O2. The van der Waals surface area contributed by atoms with E-state index in [4.69, 9.17) is 4.52 Å². The van der Waals surface area contributed by atoms with E-state index in [9.17, 15) is 9.18 Å². The largest absolute Gasteiger partial charge is 0.355 e. The van der Waals surface area contributed by atoms with Crippen molar-refractivity contribution < 1.29 is 13.7 Å². The predicted octanol–water partition coefficient (Wildman–Crippen LogP) is 1.46. The van der Waals surface area contributed by atoms with Gasteiger partial charge in [0, 0.05) is 56.7 Å². The van der Waals surface area contributed by atoms with Crippen LogP contribution in [-0.2, 0) is 0 Å². The number of amides is 1. The monoisotopic (exact) mass is 304 g/mol. The first-order valence-corrected chi connectivity index (χ1v) is 7.22. The molecule has 116 valence electrons. The molecule has 3 heterocycles. The second-order valence-corrected chi connectivity index (χ2v) is 5.14. The molecule has 22 heavy (non-hydrogen) atoms. The Hall–Kier alpha value is -2.28. The Morgan fingerprint density at radius 3 is 2.82 bits per heavy atom. The first-order chi connectivity index (χ1) is 10.8. The Labute approximate surface area is 127 Å². The highest BCUT2D eigenvalue weighted by Gasteiger charge is 2.24. The van der Waals surface area contributed by atoms with Gasteiger partial charge in [-0.05, 0) is 12.1 Å². The van der Waals surface area contributed by atoms with Crippen molar-refractivity contribution >= 4 is 5.91 Å². The molecule has 0 bridgehead atoms. The molecule has 0 aliphatic carbocycles.